The van der Waals surface area contributed by atoms with E-state index in [-0.39, 0.29) is 12.0 Å². The van der Waals surface area contributed by atoms with E-state index in [2.05, 4.69) is 32.6 Å². The summed E-state index contributed by atoms with van der Waals surface area (Å²) in [6.45, 7) is 1.77. The van der Waals surface area contributed by atoms with Crippen LogP contribution >= 0.6 is 0 Å². The van der Waals surface area contributed by atoms with E-state index in [1.54, 1.807) is 11.8 Å². The second-order valence-corrected chi connectivity index (χ2v) is 7.40. The van der Waals surface area contributed by atoms with E-state index in [0.717, 1.165) is 49.7 Å². The van der Waals surface area contributed by atoms with Gasteiger partial charge >= 0.3 is 0 Å². The van der Waals surface area contributed by atoms with Gasteiger partial charge in [-0.2, -0.15) is 4.68 Å². The number of tetrazole rings is 1. The molecule has 3 aromatic rings. The topological polar surface area (TPSA) is 76.3 Å². The number of ether oxygens (including phenoxy) is 1. The van der Waals surface area contributed by atoms with Crippen LogP contribution in [0.2, 0.25) is 0 Å². The van der Waals surface area contributed by atoms with Crippen LogP contribution in [0.1, 0.15) is 18.4 Å². The summed E-state index contributed by atoms with van der Waals surface area (Å²) in [4.78, 5) is 2.20. The molecular weight excluding hydrogens is 354 g/mol. The number of aliphatic hydroxyl groups is 1. The molecule has 2 heterocycles. The lowest BCUT2D eigenvalue weighted by Gasteiger charge is -2.41. The van der Waals surface area contributed by atoms with Crippen molar-refractivity contribution >= 4 is 5.95 Å². The van der Waals surface area contributed by atoms with Crippen molar-refractivity contribution in [3.63, 3.8) is 0 Å². The van der Waals surface area contributed by atoms with E-state index in [1.165, 1.54) is 5.56 Å². The molecule has 1 aromatic heterocycles. The smallest absolute Gasteiger partial charge is 0.250 e. The minimum Gasteiger partial charge on any atom is -0.497 e. The van der Waals surface area contributed by atoms with Crippen molar-refractivity contribution in [2.24, 2.45) is 5.41 Å². The number of anilines is 1. The summed E-state index contributed by atoms with van der Waals surface area (Å²) in [5, 5.41) is 22.5. The summed E-state index contributed by atoms with van der Waals surface area (Å²) in [5.74, 6) is 1.60. The molecule has 2 aromatic carbocycles. The van der Waals surface area contributed by atoms with E-state index in [1.807, 2.05) is 42.5 Å². The van der Waals surface area contributed by atoms with Gasteiger partial charge in [0, 0.05) is 25.1 Å². The van der Waals surface area contributed by atoms with Crippen LogP contribution in [-0.4, -0.2) is 52.1 Å². The van der Waals surface area contributed by atoms with Crippen LogP contribution < -0.4 is 9.64 Å². The molecule has 0 atom stereocenters. The number of para-hydroxylation sites is 1. The Bertz CT molecular complexity index is 904. The summed E-state index contributed by atoms with van der Waals surface area (Å²) in [6, 6.07) is 18.0. The Morgan fingerprint density at radius 1 is 1.07 bits per heavy atom. The highest BCUT2D eigenvalue weighted by Gasteiger charge is 2.35. The first kappa shape index (κ1) is 18.4. The van der Waals surface area contributed by atoms with E-state index in [4.69, 9.17) is 4.74 Å². The highest BCUT2D eigenvalue weighted by molar-refractivity contribution is 5.41. The molecule has 0 spiro atoms. The molecule has 7 heteroatoms. The molecule has 1 N–H and O–H groups in total. The predicted molar refractivity (Wildman–Crippen MR) is 107 cm³/mol. The Labute approximate surface area is 164 Å². The average molecular weight is 379 g/mol. The maximum atomic E-state index is 10.2. The monoisotopic (exact) mass is 379 g/mol. The summed E-state index contributed by atoms with van der Waals surface area (Å²) in [5.41, 5.74) is 2.00. The molecule has 0 radical (unpaired) electrons. The fourth-order valence-corrected chi connectivity index (χ4v) is 3.90. The van der Waals surface area contributed by atoms with Crippen molar-refractivity contribution < 1.29 is 9.84 Å². The van der Waals surface area contributed by atoms with E-state index in [0.29, 0.717) is 0 Å². The molecule has 0 bridgehead atoms. The van der Waals surface area contributed by atoms with Gasteiger partial charge in [0.15, 0.2) is 0 Å². The number of benzene rings is 2. The second kappa shape index (κ2) is 7.98. The van der Waals surface area contributed by atoms with Gasteiger partial charge in [-0.3, -0.25) is 0 Å². The summed E-state index contributed by atoms with van der Waals surface area (Å²) in [7, 11) is 1.68. The Hall–Kier alpha value is -2.93. The number of nitrogens with zero attached hydrogens (tertiary/aromatic N) is 5. The Morgan fingerprint density at radius 3 is 2.57 bits per heavy atom. The van der Waals surface area contributed by atoms with Crippen LogP contribution in [0, 0.1) is 5.41 Å². The third kappa shape index (κ3) is 3.71. The van der Waals surface area contributed by atoms with E-state index >= 15 is 0 Å². The van der Waals surface area contributed by atoms with Gasteiger partial charge in [0.1, 0.15) is 5.75 Å². The molecule has 1 aliphatic rings. The molecule has 146 valence electrons. The Kier molecular flexibility index (Phi) is 5.25. The third-order valence-corrected chi connectivity index (χ3v) is 5.61. The summed E-state index contributed by atoms with van der Waals surface area (Å²) >= 11 is 0. The zero-order valence-corrected chi connectivity index (χ0v) is 16.0. The van der Waals surface area contributed by atoms with Gasteiger partial charge in [0.2, 0.25) is 5.95 Å². The zero-order valence-electron chi connectivity index (χ0n) is 16.0. The molecule has 0 saturated carbocycles. The van der Waals surface area contributed by atoms with Gasteiger partial charge in [-0.15, -0.1) is 0 Å². The minimum atomic E-state index is -0.131. The Balaban J connectivity index is 1.48. The third-order valence-electron chi connectivity index (χ3n) is 5.61. The number of aliphatic hydroxyl groups excluding tert-OH is 1. The van der Waals surface area contributed by atoms with Crippen molar-refractivity contribution in [1.29, 1.82) is 0 Å². The van der Waals surface area contributed by atoms with E-state index < -0.39 is 0 Å². The first-order valence-corrected chi connectivity index (χ1v) is 9.56. The van der Waals surface area contributed by atoms with Gasteiger partial charge in [-0.05, 0) is 59.5 Å². The largest absolute Gasteiger partial charge is 0.497 e. The van der Waals surface area contributed by atoms with Gasteiger partial charge in [-0.25, -0.2) is 0 Å². The quantitative estimate of drug-likeness (QED) is 0.709. The van der Waals surface area contributed by atoms with Gasteiger partial charge in [0.25, 0.3) is 0 Å². The molecule has 28 heavy (non-hydrogen) atoms. The zero-order chi connectivity index (χ0) is 19.4. The van der Waals surface area contributed by atoms with Crippen LogP contribution in [0.5, 0.6) is 5.75 Å². The van der Waals surface area contributed by atoms with Crippen molar-refractivity contribution in [3.05, 3.63) is 60.2 Å². The fraction of sp³-hybridized carbons (Fsp3) is 0.381. The molecule has 1 aliphatic heterocycles. The molecule has 0 aliphatic carbocycles. The van der Waals surface area contributed by atoms with Crippen molar-refractivity contribution in [3.8, 4) is 11.4 Å². The lowest BCUT2D eigenvalue weighted by atomic mass is 9.74. The highest BCUT2D eigenvalue weighted by Crippen LogP contribution is 2.36. The number of piperidine rings is 1. The number of aromatic nitrogens is 4. The SMILES string of the molecule is COc1cccc(CC2(CO)CCN(c3nnnn3-c3ccccc3)CC2)c1. The number of hydrogen-bond acceptors (Lipinski definition) is 6. The Morgan fingerprint density at radius 2 is 1.86 bits per heavy atom. The first-order valence-electron chi connectivity index (χ1n) is 9.56. The van der Waals surface area contributed by atoms with Gasteiger partial charge < -0.3 is 14.7 Å². The van der Waals surface area contributed by atoms with Crippen LogP contribution in [0.15, 0.2) is 54.6 Å². The lowest BCUT2D eigenvalue weighted by molar-refractivity contribution is 0.0958. The summed E-state index contributed by atoms with van der Waals surface area (Å²) in [6.07, 6.45) is 2.59. The minimum absolute atomic E-state index is 0.131. The van der Waals surface area contributed by atoms with Crippen molar-refractivity contribution in [2.45, 2.75) is 19.3 Å². The average Bonchev–Trinajstić information content (AvgIpc) is 3.25. The van der Waals surface area contributed by atoms with Crippen molar-refractivity contribution in [2.75, 3.05) is 31.7 Å². The van der Waals surface area contributed by atoms with Gasteiger partial charge in [0.05, 0.1) is 12.8 Å². The summed E-state index contributed by atoms with van der Waals surface area (Å²) < 4.78 is 7.11. The predicted octanol–water partition coefficient (Wildman–Crippen LogP) is 2.49. The number of methoxy groups -OCH3 is 1. The standard InChI is InChI=1S/C21H25N5O2/c1-28-19-9-5-6-17(14-19)15-21(16-27)10-12-25(13-11-21)20-22-23-24-26(20)18-7-3-2-4-8-18/h2-9,14,27H,10-13,15-16H2,1H3. The fourth-order valence-electron chi connectivity index (χ4n) is 3.90. The van der Waals surface area contributed by atoms with Crippen molar-refractivity contribution in [1.82, 2.24) is 20.2 Å². The number of rotatable bonds is 6. The molecule has 0 amide bonds. The molecule has 0 unspecified atom stereocenters. The van der Waals surface area contributed by atoms with Crippen LogP contribution in [0.3, 0.4) is 0 Å². The molecule has 1 saturated heterocycles. The molecule has 7 nitrogen and oxygen atoms in total. The molecule has 1 fully saturated rings. The second-order valence-electron chi connectivity index (χ2n) is 7.40. The van der Waals surface area contributed by atoms with Crippen LogP contribution in [0.25, 0.3) is 5.69 Å². The first-order chi connectivity index (χ1) is 13.7. The van der Waals surface area contributed by atoms with Gasteiger partial charge in [-0.1, -0.05) is 35.4 Å². The number of hydrogen-bond donors (Lipinski definition) is 1. The highest BCUT2D eigenvalue weighted by atomic mass is 16.5. The normalized spacial score (nSPS) is 16.1. The van der Waals surface area contributed by atoms with E-state index in [9.17, 15) is 5.11 Å². The maximum Gasteiger partial charge on any atom is 0.250 e. The molecule has 4 rings (SSSR count). The lowest BCUT2D eigenvalue weighted by Crippen LogP contribution is -2.44. The maximum absolute atomic E-state index is 10.2. The van der Waals surface area contributed by atoms with Crippen LogP contribution in [0.4, 0.5) is 5.95 Å². The molecular formula is C21H25N5O2. The van der Waals surface area contributed by atoms with Crippen LogP contribution in [-0.2, 0) is 6.42 Å².